The van der Waals surface area contributed by atoms with Crippen molar-refractivity contribution in [1.29, 1.82) is 0 Å². The molecule has 1 atom stereocenters. The van der Waals surface area contributed by atoms with Gasteiger partial charge in [0.1, 0.15) is 0 Å². The summed E-state index contributed by atoms with van der Waals surface area (Å²) in [6, 6.07) is 0. The minimum absolute atomic E-state index is 0.292. The summed E-state index contributed by atoms with van der Waals surface area (Å²) in [6.45, 7) is 10.8. The molecule has 0 aromatic heterocycles. The number of hydrogen-bond acceptors (Lipinski definition) is 3. The molecule has 22 heavy (non-hydrogen) atoms. The molecular weight excluding hydrogens is 276 g/mol. The van der Waals surface area contributed by atoms with E-state index in [1.807, 2.05) is 6.92 Å². The Hall–Kier alpha value is -0.830. The second-order valence-corrected chi connectivity index (χ2v) is 6.05. The molecule has 0 amide bonds. The highest BCUT2D eigenvalue weighted by Crippen LogP contribution is 2.14. The summed E-state index contributed by atoms with van der Waals surface area (Å²) in [5, 5.41) is 0. The highest BCUT2D eigenvalue weighted by Gasteiger charge is 2.09. The maximum atomic E-state index is 11.3. The SMILES string of the molecule is C=C(C)C(=O)OCCC[C@@H](CCCCCCCCC)OCC. The lowest BCUT2D eigenvalue weighted by Gasteiger charge is -2.17. The average molecular weight is 312 g/mol. The van der Waals surface area contributed by atoms with Crippen LogP contribution in [0, 0.1) is 0 Å². The molecule has 0 aromatic carbocycles. The number of hydrogen-bond donors (Lipinski definition) is 0. The number of ether oxygens (including phenoxy) is 2. The number of rotatable bonds is 15. The van der Waals surface area contributed by atoms with Gasteiger partial charge < -0.3 is 9.47 Å². The van der Waals surface area contributed by atoms with Crippen molar-refractivity contribution in [3.63, 3.8) is 0 Å². The largest absolute Gasteiger partial charge is 0.462 e. The Morgan fingerprint density at radius 2 is 1.55 bits per heavy atom. The van der Waals surface area contributed by atoms with Gasteiger partial charge in [0.05, 0.1) is 12.7 Å². The van der Waals surface area contributed by atoms with E-state index >= 15 is 0 Å². The van der Waals surface area contributed by atoms with Crippen molar-refractivity contribution in [3.8, 4) is 0 Å². The Balaban J connectivity index is 3.64. The van der Waals surface area contributed by atoms with Crippen molar-refractivity contribution in [2.45, 2.75) is 91.1 Å². The lowest BCUT2D eigenvalue weighted by atomic mass is 10.0. The van der Waals surface area contributed by atoms with Crippen LogP contribution < -0.4 is 0 Å². The van der Waals surface area contributed by atoms with E-state index in [-0.39, 0.29) is 5.97 Å². The minimum Gasteiger partial charge on any atom is -0.462 e. The van der Waals surface area contributed by atoms with Crippen molar-refractivity contribution < 1.29 is 14.3 Å². The van der Waals surface area contributed by atoms with Crippen LogP contribution in [0.3, 0.4) is 0 Å². The Kier molecular flexibility index (Phi) is 14.5. The second kappa shape index (κ2) is 15.1. The van der Waals surface area contributed by atoms with Crippen LogP contribution in [0.2, 0.25) is 0 Å². The molecule has 0 aliphatic rings. The van der Waals surface area contributed by atoms with E-state index in [9.17, 15) is 4.79 Å². The molecule has 0 saturated carbocycles. The number of carbonyl (C=O) groups is 1. The standard InChI is InChI=1S/C19H36O3/c1-5-7-8-9-10-11-12-14-18(21-6-2)15-13-16-22-19(20)17(3)4/h18H,3,5-16H2,1-2,4H3/t18-/m1/s1. The third-order valence-electron chi connectivity index (χ3n) is 3.78. The predicted octanol–water partition coefficient (Wildman–Crippen LogP) is 5.43. The van der Waals surface area contributed by atoms with Gasteiger partial charge in [0.15, 0.2) is 0 Å². The zero-order valence-electron chi connectivity index (χ0n) is 15.0. The fourth-order valence-electron chi connectivity index (χ4n) is 2.47. The predicted molar refractivity (Wildman–Crippen MR) is 93.0 cm³/mol. The topological polar surface area (TPSA) is 35.5 Å². The third kappa shape index (κ3) is 12.9. The van der Waals surface area contributed by atoms with Gasteiger partial charge in [-0.15, -0.1) is 0 Å². The van der Waals surface area contributed by atoms with Crippen LogP contribution in [0.15, 0.2) is 12.2 Å². The van der Waals surface area contributed by atoms with Crippen LogP contribution in [-0.4, -0.2) is 25.3 Å². The summed E-state index contributed by atoms with van der Waals surface area (Å²) >= 11 is 0. The van der Waals surface area contributed by atoms with Crippen LogP contribution in [0.25, 0.3) is 0 Å². The van der Waals surface area contributed by atoms with E-state index in [1.54, 1.807) is 6.92 Å². The molecule has 0 aromatic rings. The van der Waals surface area contributed by atoms with Crippen molar-refractivity contribution in [2.24, 2.45) is 0 Å². The summed E-state index contributed by atoms with van der Waals surface area (Å²) in [4.78, 5) is 11.3. The van der Waals surface area contributed by atoms with Gasteiger partial charge in [-0.2, -0.15) is 0 Å². The monoisotopic (exact) mass is 312 g/mol. The Morgan fingerprint density at radius 1 is 0.955 bits per heavy atom. The van der Waals surface area contributed by atoms with E-state index in [0.717, 1.165) is 25.9 Å². The molecule has 0 spiro atoms. The Bertz CT molecular complexity index is 286. The highest BCUT2D eigenvalue weighted by atomic mass is 16.5. The lowest BCUT2D eigenvalue weighted by molar-refractivity contribution is -0.139. The van der Waals surface area contributed by atoms with Crippen LogP contribution >= 0.6 is 0 Å². The van der Waals surface area contributed by atoms with Gasteiger partial charge >= 0.3 is 5.97 Å². The fraction of sp³-hybridized carbons (Fsp3) is 0.842. The molecule has 0 bridgehead atoms. The van der Waals surface area contributed by atoms with Gasteiger partial charge in [-0.1, -0.05) is 58.4 Å². The molecule has 0 rings (SSSR count). The molecule has 0 saturated heterocycles. The van der Waals surface area contributed by atoms with Crippen LogP contribution in [0.5, 0.6) is 0 Å². The van der Waals surface area contributed by atoms with Crippen LogP contribution in [0.4, 0.5) is 0 Å². The van der Waals surface area contributed by atoms with Crippen molar-refractivity contribution in [3.05, 3.63) is 12.2 Å². The third-order valence-corrected chi connectivity index (χ3v) is 3.78. The van der Waals surface area contributed by atoms with Gasteiger partial charge in [0, 0.05) is 12.2 Å². The second-order valence-electron chi connectivity index (χ2n) is 6.05. The summed E-state index contributed by atoms with van der Waals surface area (Å²) in [7, 11) is 0. The van der Waals surface area contributed by atoms with Crippen LogP contribution in [-0.2, 0) is 14.3 Å². The first kappa shape index (κ1) is 21.2. The fourth-order valence-corrected chi connectivity index (χ4v) is 2.47. The van der Waals surface area contributed by atoms with Gasteiger partial charge in [0.2, 0.25) is 0 Å². The maximum absolute atomic E-state index is 11.3. The molecule has 0 heterocycles. The lowest BCUT2D eigenvalue weighted by Crippen LogP contribution is -2.15. The summed E-state index contributed by atoms with van der Waals surface area (Å²) in [5.74, 6) is -0.292. The average Bonchev–Trinajstić information content (AvgIpc) is 2.50. The number of carbonyl (C=O) groups excluding carboxylic acids is 1. The number of unbranched alkanes of at least 4 members (excludes halogenated alkanes) is 6. The molecule has 0 radical (unpaired) electrons. The quantitative estimate of drug-likeness (QED) is 0.230. The first-order chi connectivity index (χ1) is 10.6. The molecule has 0 aliphatic carbocycles. The molecule has 3 heteroatoms. The zero-order valence-corrected chi connectivity index (χ0v) is 15.0. The van der Waals surface area contributed by atoms with Gasteiger partial charge in [-0.3, -0.25) is 0 Å². The van der Waals surface area contributed by atoms with Gasteiger partial charge in [0.25, 0.3) is 0 Å². The van der Waals surface area contributed by atoms with Gasteiger partial charge in [-0.25, -0.2) is 4.79 Å². The molecule has 0 N–H and O–H groups in total. The summed E-state index contributed by atoms with van der Waals surface area (Å²) in [5.41, 5.74) is 0.462. The first-order valence-electron chi connectivity index (χ1n) is 9.06. The minimum atomic E-state index is -0.292. The molecule has 0 fully saturated rings. The van der Waals surface area contributed by atoms with Crippen molar-refractivity contribution in [1.82, 2.24) is 0 Å². The Morgan fingerprint density at radius 3 is 2.14 bits per heavy atom. The molecule has 0 aliphatic heterocycles. The molecular formula is C19H36O3. The smallest absolute Gasteiger partial charge is 0.333 e. The van der Waals surface area contributed by atoms with Gasteiger partial charge in [-0.05, 0) is 33.1 Å². The highest BCUT2D eigenvalue weighted by molar-refractivity contribution is 5.86. The first-order valence-corrected chi connectivity index (χ1v) is 9.06. The molecule has 130 valence electrons. The Labute approximate surface area is 137 Å². The maximum Gasteiger partial charge on any atom is 0.333 e. The van der Waals surface area contributed by atoms with E-state index in [1.165, 1.54) is 44.9 Å². The van der Waals surface area contributed by atoms with Crippen LogP contribution in [0.1, 0.15) is 85.0 Å². The molecule has 3 nitrogen and oxygen atoms in total. The molecule has 0 unspecified atom stereocenters. The normalized spacial score (nSPS) is 12.1. The van der Waals surface area contributed by atoms with Crippen molar-refractivity contribution >= 4 is 5.97 Å². The van der Waals surface area contributed by atoms with E-state index in [2.05, 4.69) is 13.5 Å². The van der Waals surface area contributed by atoms with E-state index < -0.39 is 0 Å². The number of esters is 1. The zero-order chi connectivity index (χ0) is 16.6. The van der Waals surface area contributed by atoms with E-state index in [4.69, 9.17) is 9.47 Å². The summed E-state index contributed by atoms with van der Waals surface area (Å²) in [6.07, 6.45) is 12.6. The van der Waals surface area contributed by atoms with Crippen molar-refractivity contribution in [2.75, 3.05) is 13.2 Å². The summed E-state index contributed by atoms with van der Waals surface area (Å²) < 4.78 is 10.9. The van der Waals surface area contributed by atoms with E-state index in [0.29, 0.717) is 18.3 Å².